The van der Waals surface area contributed by atoms with Gasteiger partial charge in [0.2, 0.25) is 0 Å². The molecule has 2 bridgehead atoms. The molecule has 2 aliphatic rings. The summed E-state index contributed by atoms with van der Waals surface area (Å²) in [6.45, 7) is 22.3. The predicted octanol–water partition coefficient (Wildman–Crippen LogP) is 7.93. The maximum atomic E-state index is 13.2. The molecule has 3 atom stereocenters. The van der Waals surface area contributed by atoms with Gasteiger partial charge in [-0.05, 0) is 58.5 Å². The Balaban J connectivity index is 1.47. The Morgan fingerprint density at radius 2 is 1.59 bits per heavy atom. The van der Waals surface area contributed by atoms with E-state index in [9.17, 15) is 4.79 Å². The van der Waals surface area contributed by atoms with Gasteiger partial charge in [-0.15, -0.1) is 11.3 Å². The molecule has 254 valence electrons. The molecule has 0 aromatic carbocycles. The molecule has 1 amide bonds. The molecule has 0 unspecified atom stereocenters. The maximum absolute atomic E-state index is 13.2. The first-order valence-corrected chi connectivity index (χ1v) is 25.1. The van der Waals surface area contributed by atoms with Crippen molar-refractivity contribution >= 4 is 45.0 Å². The summed E-state index contributed by atoms with van der Waals surface area (Å²) in [5.74, 6) is 1.13. The molecule has 0 saturated carbocycles. The Morgan fingerprint density at radius 3 is 2.11 bits per heavy atom. The zero-order valence-electron chi connectivity index (χ0n) is 29.3. The fourth-order valence-corrected chi connectivity index (χ4v) is 8.37. The van der Waals surface area contributed by atoms with Gasteiger partial charge in [0.1, 0.15) is 24.9 Å². The van der Waals surface area contributed by atoms with Gasteiger partial charge in [0, 0.05) is 65.3 Å². The number of carbonyl (C=O) groups excluding carboxylic acids is 1. The van der Waals surface area contributed by atoms with Crippen molar-refractivity contribution in [1.82, 2.24) is 24.5 Å². The van der Waals surface area contributed by atoms with E-state index < -0.39 is 21.7 Å². The largest absolute Gasteiger partial charge is 0.444 e. The van der Waals surface area contributed by atoms with Gasteiger partial charge in [0.25, 0.3) is 0 Å². The first kappa shape index (κ1) is 35.0. The quantitative estimate of drug-likeness (QED) is 0.102. The second-order valence-corrected chi connectivity index (χ2v) is 28.5. The minimum atomic E-state index is -1.24. The highest BCUT2D eigenvalue weighted by Crippen LogP contribution is 2.44. The fraction of sp³-hybridized carbons (Fsp3) is 0.697. The second kappa shape index (κ2) is 14.0. The summed E-state index contributed by atoms with van der Waals surface area (Å²) < 4.78 is 20.4. The van der Waals surface area contributed by atoms with Crippen molar-refractivity contribution in [3.63, 3.8) is 0 Å². The van der Waals surface area contributed by atoms with Crippen molar-refractivity contribution in [3.05, 3.63) is 29.7 Å². The molecule has 0 aliphatic carbocycles. The zero-order chi connectivity index (χ0) is 33.3. The molecule has 5 rings (SSSR count). The number of fused-ring (bicyclic) bond motifs is 3. The summed E-state index contributed by atoms with van der Waals surface area (Å²) in [6.07, 6.45) is 7.30. The van der Waals surface area contributed by atoms with Gasteiger partial charge in [-0.25, -0.2) is 9.78 Å². The molecule has 2 aliphatic heterocycles. The summed E-state index contributed by atoms with van der Waals surface area (Å²) in [5, 5.41) is 4.85. The molecule has 5 heterocycles. The number of anilines is 1. The predicted molar refractivity (Wildman–Crippen MR) is 191 cm³/mol. The third-order valence-electron chi connectivity index (χ3n) is 8.74. The van der Waals surface area contributed by atoms with E-state index in [-0.39, 0.29) is 24.1 Å². The highest BCUT2D eigenvalue weighted by atomic mass is 32.1. The van der Waals surface area contributed by atoms with E-state index in [1.54, 1.807) is 11.3 Å². The Hall–Kier alpha value is -2.33. The molecule has 3 aromatic heterocycles. The molecule has 0 radical (unpaired) electrons. The SMILES string of the molecule is CC(C)(C)OC(=O)N1[C@@H]2CC[C@H]1C[C@@H](c1cc(N(COCC[Si](C)(C)C)COCC[Si](C)(C)C)n3ncc(-c4cncs4)c3n1)C2. The van der Waals surface area contributed by atoms with Crippen LogP contribution >= 0.6 is 11.3 Å². The minimum absolute atomic E-state index is 0.150. The van der Waals surface area contributed by atoms with Crippen LogP contribution in [0.5, 0.6) is 0 Å². The van der Waals surface area contributed by atoms with E-state index in [0.29, 0.717) is 13.5 Å². The molecule has 0 N–H and O–H groups in total. The number of ether oxygens (including phenoxy) is 3. The van der Waals surface area contributed by atoms with E-state index in [4.69, 9.17) is 24.3 Å². The topological polar surface area (TPSA) is 94.3 Å². The molecule has 10 nitrogen and oxygen atoms in total. The molecular formula is C33H54N6O4SSi2. The Kier molecular flexibility index (Phi) is 10.7. The van der Waals surface area contributed by atoms with Crippen LogP contribution < -0.4 is 4.90 Å². The van der Waals surface area contributed by atoms with Crippen LogP contribution in [0, 0.1) is 0 Å². The molecule has 2 saturated heterocycles. The van der Waals surface area contributed by atoms with Crippen LogP contribution in [0.2, 0.25) is 51.4 Å². The lowest BCUT2D eigenvalue weighted by Gasteiger charge is -2.39. The monoisotopic (exact) mass is 686 g/mol. The van der Waals surface area contributed by atoms with Crippen LogP contribution in [0.4, 0.5) is 10.6 Å². The lowest BCUT2D eigenvalue weighted by atomic mass is 9.88. The average molecular weight is 687 g/mol. The number of piperidine rings is 1. The standard InChI is InChI=1S/C33H54N6O4SSi2/c1-33(2,3)43-32(40)38-25-10-11-26(38)17-24(16-25)28-18-30(39-31(36-28)27(19-35-39)29-20-34-21-44-29)37(22-41-12-14-45(4,5)6)23-42-13-15-46(7,8)9/h18-21,24-26H,10-17,22-23H2,1-9H3/t24-,25+,26-. The van der Waals surface area contributed by atoms with Crippen molar-refractivity contribution in [2.75, 3.05) is 31.6 Å². The fourth-order valence-electron chi connectivity index (χ4n) is 6.23. The smallest absolute Gasteiger partial charge is 0.410 e. The summed E-state index contributed by atoms with van der Waals surface area (Å²) in [7, 11) is -2.47. The van der Waals surface area contributed by atoms with Gasteiger partial charge in [-0.1, -0.05) is 39.3 Å². The molecule has 13 heteroatoms. The highest BCUT2D eigenvalue weighted by molar-refractivity contribution is 7.13. The number of hydrogen-bond acceptors (Lipinski definition) is 9. The number of nitrogens with zero attached hydrogens (tertiary/aromatic N) is 6. The Morgan fingerprint density at radius 1 is 0.978 bits per heavy atom. The number of amides is 1. The van der Waals surface area contributed by atoms with Crippen molar-refractivity contribution in [2.45, 2.75) is 121 Å². The maximum Gasteiger partial charge on any atom is 0.410 e. The van der Waals surface area contributed by atoms with Crippen LogP contribution in [-0.4, -0.2) is 91.1 Å². The van der Waals surface area contributed by atoms with E-state index in [1.165, 1.54) is 0 Å². The van der Waals surface area contributed by atoms with Crippen LogP contribution in [0.1, 0.15) is 58.1 Å². The lowest BCUT2D eigenvalue weighted by molar-refractivity contribution is 0.00569. The molecule has 46 heavy (non-hydrogen) atoms. The van der Waals surface area contributed by atoms with Crippen molar-refractivity contribution < 1.29 is 19.0 Å². The van der Waals surface area contributed by atoms with Gasteiger partial charge in [0.05, 0.1) is 22.1 Å². The minimum Gasteiger partial charge on any atom is -0.444 e. The molecule has 3 aromatic rings. The molecule has 2 fully saturated rings. The summed E-state index contributed by atoms with van der Waals surface area (Å²) in [4.78, 5) is 28.0. The second-order valence-electron chi connectivity index (χ2n) is 16.4. The van der Waals surface area contributed by atoms with Crippen molar-refractivity contribution in [2.24, 2.45) is 0 Å². The van der Waals surface area contributed by atoms with Crippen LogP contribution in [0.3, 0.4) is 0 Å². The number of carbonyl (C=O) groups is 1. The van der Waals surface area contributed by atoms with Crippen LogP contribution in [0.25, 0.3) is 16.1 Å². The highest BCUT2D eigenvalue weighted by Gasteiger charge is 2.45. The molecule has 0 spiro atoms. The van der Waals surface area contributed by atoms with Gasteiger partial charge < -0.3 is 24.0 Å². The van der Waals surface area contributed by atoms with E-state index >= 15 is 0 Å². The first-order chi connectivity index (χ1) is 21.6. The number of hydrogen-bond donors (Lipinski definition) is 0. The summed E-state index contributed by atoms with van der Waals surface area (Å²) in [5.41, 5.74) is 4.15. The van der Waals surface area contributed by atoms with Gasteiger partial charge >= 0.3 is 6.09 Å². The average Bonchev–Trinajstić information content (AvgIpc) is 3.67. The third kappa shape index (κ3) is 8.97. The third-order valence-corrected chi connectivity index (χ3v) is 13.0. The normalized spacial score (nSPS) is 20.5. The Bertz CT molecular complexity index is 1430. The summed E-state index contributed by atoms with van der Waals surface area (Å²) in [6, 6.07) is 4.69. The number of rotatable bonds is 13. The Labute approximate surface area is 280 Å². The lowest BCUT2D eigenvalue weighted by Crippen LogP contribution is -2.48. The summed E-state index contributed by atoms with van der Waals surface area (Å²) >= 11 is 1.59. The number of thiazole rings is 1. The van der Waals surface area contributed by atoms with E-state index in [0.717, 1.165) is 78.6 Å². The van der Waals surface area contributed by atoms with E-state index in [2.05, 4.69) is 55.2 Å². The van der Waals surface area contributed by atoms with Gasteiger partial charge in [0.15, 0.2) is 5.65 Å². The van der Waals surface area contributed by atoms with E-state index in [1.807, 2.05) is 48.1 Å². The van der Waals surface area contributed by atoms with Crippen LogP contribution in [-0.2, 0) is 14.2 Å². The molecular weight excluding hydrogens is 633 g/mol. The van der Waals surface area contributed by atoms with Crippen LogP contribution in [0.15, 0.2) is 24.0 Å². The van der Waals surface area contributed by atoms with Crippen molar-refractivity contribution in [3.8, 4) is 10.4 Å². The van der Waals surface area contributed by atoms with Gasteiger partial charge in [-0.2, -0.15) is 9.61 Å². The number of aromatic nitrogens is 4. The van der Waals surface area contributed by atoms with Gasteiger partial charge in [-0.3, -0.25) is 4.98 Å². The van der Waals surface area contributed by atoms with Crippen molar-refractivity contribution in [1.29, 1.82) is 0 Å². The zero-order valence-corrected chi connectivity index (χ0v) is 32.2. The first-order valence-electron chi connectivity index (χ1n) is 16.8.